The number of anilines is 1. The molecular formula is C18H20ClNO2. The molecule has 2 aromatic rings. The van der Waals surface area contributed by atoms with Crippen LogP contribution >= 0.6 is 11.6 Å². The Hall–Kier alpha value is -2.00. The van der Waals surface area contributed by atoms with Gasteiger partial charge in [0.15, 0.2) is 6.10 Å². The van der Waals surface area contributed by atoms with Crippen molar-refractivity contribution in [1.29, 1.82) is 0 Å². The molecule has 0 fully saturated rings. The minimum Gasteiger partial charge on any atom is -0.481 e. The van der Waals surface area contributed by atoms with Gasteiger partial charge in [-0.3, -0.25) is 4.79 Å². The van der Waals surface area contributed by atoms with Crippen molar-refractivity contribution in [1.82, 2.24) is 0 Å². The average Bonchev–Trinajstić information content (AvgIpc) is 2.50. The minimum absolute atomic E-state index is 0.178. The second-order valence-electron chi connectivity index (χ2n) is 5.28. The van der Waals surface area contributed by atoms with Gasteiger partial charge in [0.25, 0.3) is 5.91 Å². The van der Waals surface area contributed by atoms with Crippen molar-refractivity contribution in [2.24, 2.45) is 0 Å². The summed E-state index contributed by atoms with van der Waals surface area (Å²) in [5.41, 5.74) is 2.80. The zero-order valence-electron chi connectivity index (χ0n) is 13.0. The normalized spacial score (nSPS) is 11.8. The Kier molecular flexibility index (Phi) is 5.45. The van der Waals surface area contributed by atoms with Gasteiger partial charge in [-0.05, 0) is 50.1 Å². The Morgan fingerprint density at radius 3 is 2.45 bits per heavy atom. The van der Waals surface area contributed by atoms with E-state index in [9.17, 15) is 4.79 Å². The Balaban J connectivity index is 2.04. The molecule has 0 bridgehead atoms. The highest BCUT2D eigenvalue weighted by molar-refractivity contribution is 6.31. The number of halogens is 1. The van der Waals surface area contributed by atoms with Gasteiger partial charge >= 0.3 is 0 Å². The molecular weight excluding hydrogens is 298 g/mol. The number of hydrogen-bond acceptors (Lipinski definition) is 2. The zero-order chi connectivity index (χ0) is 16.1. The highest BCUT2D eigenvalue weighted by atomic mass is 35.5. The van der Waals surface area contributed by atoms with Crippen LogP contribution in [0.3, 0.4) is 0 Å². The first kappa shape index (κ1) is 16.4. The maximum absolute atomic E-state index is 12.3. The summed E-state index contributed by atoms with van der Waals surface area (Å²) >= 11 is 6.07. The predicted octanol–water partition coefficient (Wildman–Crippen LogP) is 4.75. The van der Waals surface area contributed by atoms with E-state index in [-0.39, 0.29) is 5.91 Å². The fraction of sp³-hybridized carbons (Fsp3) is 0.278. The SMILES string of the molecule is CC[C@@H](Oc1ccc(C)cc1)C(=O)Nc1ccc(C)c(Cl)c1. The third kappa shape index (κ3) is 4.25. The Labute approximate surface area is 136 Å². The molecule has 3 nitrogen and oxygen atoms in total. The Morgan fingerprint density at radius 2 is 1.86 bits per heavy atom. The maximum atomic E-state index is 12.3. The van der Waals surface area contributed by atoms with Gasteiger partial charge in [0, 0.05) is 10.7 Å². The number of amides is 1. The van der Waals surface area contributed by atoms with Gasteiger partial charge < -0.3 is 10.1 Å². The van der Waals surface area contributed by atoms with Crippen LogP contribution in [0.15, 0.2) is 42.5 Å². The summed E-state index contributed by atoms with van der Waals surface area (Å²) < 4.78 is 5.76. The molecule has 0 saturated carbocycles. The number of hydrogen-bond donors (Lipinski definition) is 1. The number of carbonyl (C=O) groups is 1. The molecule has 1 atom stereocenters. The van der Waals surface area contributed by atoms with E-state index in [4.69, 9.17) is 16.3 Å². The summed E-state index contributed by atoms with van der Waals surface area (Å²) in [4.78, 5) is 12.3. The highest BCUT2D eigenvalue weighted by Gasteiger charge is 2.18. The molecule has 0 saturated heterocycles. The zero-order valence-corrected chi connectivity index (χ0v) is 13.8. The molecule has 2 aromatic carbocycles. The summed E-state index contributed by atoms with van der Waals surface area (Å²) in [5.74, 6) is 0.512. The topological polar surface area (TPSA) is 38.3 Å². The lowest BCUT2D eigenvalue weighted by molar-refractivity contribution is -0.122. The summed E-state index contributed by atoms with van der Waals surface area (Å²) in [5, 5.41) is 3.47. The van der Waals surface area contributed by atoms with Crippen molar-refractivity contribution in [2.45, 2.75) is 33.3 Å². The molecule has 22 heavy (non-hydrogen) atoms. The third-order valence-electron chi connectivity index (χ3n) is 3.40. The van der Waals surface area contributed by atoms with Crippen LogP contribution in [0.2, 0.25) is 5.02 Å². The number of ether oxygens (including phenoxy) is 1. The monoisotopic (exact) mass is 317 g/mol. The Bertz CT molecular complexity index is 653. The molecule has 0 aliphatic rings. The molecule has 0 aliphatic heterocycles. The van der Waals surface area contributed by atoms with Crippen LogP contribution in [0, 0.1) is 13.8 Å². The van der Waals surface area contributed by atoms with Crippen molar-refractivity contribution >= 4 is 23.2 Å². The molecule has 4 heteroatoms. The number of carbonyl (C=O) groups excluding carboxylic acids is 1. The van der Waals surface area contributed by atoms with Gasteiger partial charge in [0.1, 0.15) is 5.75 Å². The molecule has 116 valence electrons. The fourth-order valence-electron chi connectivity index (χ4n) is 2.00. The summed E-state index contributed by atoms with van der Waals surface area (Å²) in [6.07, 6.45) is 0.0436. The van der Waals surface area contributed by atoms with Crippen LogP contribution < -0.4 is 10.1 Å². The molecule has 1 amide bonds. The first-order valence-electron chi connectivity index (χ1n) is 7.30. The molecule has 0 radical (unpaired) electrons. The van der Waals surface area contributed by atoms with Crippen LogP contribution in [-0.2, 0) is 4.79 Å². The van der Waals surface area contributed by atoms with Crippen LogP contribution in [0.5, 0.6) is 5.75 Å². The first-order valence-corrected chi connectivity index (χ1v) is 7.67. The lowest BCUT2D eigenvalue weighted by Gasteiger charge is -2.17. The summed E-state index contributed by atoms with van der Waals surface area (Å²) in [6.45, 7) is 5.85. The molecule has 0 aliphatic carbocycles. The summed E-state index contributed by atoms with van der Waals surface area (Å²) in [6, 6.07) is 13.1. The van der Waals surface area contributed by atoms with Crippen molar-refractivity contribution in [2.75, 3.05) is 5.32 Å². The van der Waals surface area contributed by atoms with Gasteiger partial charge in [0.2, 0.25) is 0 Å². The molecule has 0 spiro atoms. The van der Waals surface area contributed by atoms with Crippen LogP contribution in [-0.4, -0.2) is 12.0 Å². The van der Waals surface area contributed by atoms with E-state index in [0.29, 0.717) is 22.9 Å². The lowest BCUT2D eigenvalue weighted by Crippen LogP contribution is -2.32. The van der Waals surface area contributed by atoms with E-state index in [1.165, 1.54) is 0 Å². The fourth-order valence-corrected chi connectivity index (χ4v) is 2.18. The van der Waals surface area contributed by atoms with Gasteiger partial charge in [-0.1, -0.05) is 42.3 Å². The molecule has 0 heterocycles. The predicted molar refractivity (Wildman–Crippen MR) is 90.7 cm³/mol. The third-order valence-corrected chi connectivity index (χ3v) is 3.81. The summed E-state index contributed by atoms with van der Waals surface area (Å²) in [7, 11) is 0. The largest absolute Gasteiger partial charge is 0.481 e. The number of benzene rings is 2. The molecule has 0 aromatic heterocycles. The standard InChI is InChI=1S/C18H20ClNO2/c1-4-17(22-15-9-5-12(2)6-10-15)18(21)20-14-8-7-13(3)16(19)11-14/h5-11,17H,4H2,1-3H3,(H,20,21)/t17-/m1/s1. The number of aryl methyl sites for hydroxylation is 2. The second kappa shape index (κ2) is 7.32. The van der Waals surface area contributed by atoms with E-state index in [0.717, 1.165) is 11.1 Å². The molecule has 0 unspecified atom stereocenters. The van der Waals surface area contributed by atoms with Crippen molar-refractivity contribution in [3.63, 3.8) is 0 Å². The van der Waals surface area contributed by atoms with E-state index in [1.54, 1.807) is 6.07 Å². The van der Waals surface area contributed by atoms with Crippen LogP contribution in [0.1, 0.15) is 24.5 Å². The average molecular weight is 318 g/mol. The molecule has 2 rings (SSSR count). The lowest BCUT2D eigenvalue weighted by atomic mass is 10.2. The first-order chi connectivity index (χ1) is 10.5. The van der Waals surface area contributed by atoms with E-state index in [2.05, 4.69) is 5.32 Å². The van der Waals surface area contributed by atoms with Crippen molar-refractivity contribution in [3.8, 4) is 5.75 Å². The molecule has 1 N–H and O–H groups in total. The van der Waals surface area contributed by atoms with Gasteiger partial charge in [-0.2, -0.15) is 0 Å². The second-order valence-corrected chi connectivity index (χ2v) is 5.69. The van der Waals surface area contributed by atoms with Crippen LogP contribution in [0.4, 0.5) is 5.69 Å². The Morgan fingerprint density at radius 1 is 1.18 bits per heavy atom. The minimum atomic E-state index is -0.539. The van der Waals surface area contributed by atoms with Gasteiger partial charge in [-0.25, -0.2) is 0 Å². The number of rotatable bonds is 5. The van der Waals surface area contributed by atoms with E-state index >= 15 is 0 Å². The van der Waals surface area contributed by atoms with E-state index < -0.39 is 6.10 Å². The number of nitrogens with one attached hydrogen (secondary N) is 1. The van der Waals surface area contributed by atoms with E-state index in [1.807, 2.05) is 57.2 Å². The smallest absolute Gasteiger partial charge is 0.265 e. The van der Waals surface area contributed by atoms with Gasteiger partial charge in [0.05, 0.1) is 0 Å². The van der Waals surface area contributed by atoms with Crippen LogP contribution in [0.25, 0.3) is 0 Å². The van der Waals surface area contributed by atoms with Crippen molar-refractivity contribution < 1.29 is 9.53 Å². The van der Waals surface area contributed by atoms with Crippen molar-refractivity contribution in [3.05, 3.63) is 58.6 Å². The van der Waals surface area contributed by atoms with Gasteiger partial charge in [-0.15, -0.1) is 0 Å². The maximum Gasteiger partial charge on any atom is 0.265 e. The highest BCUT2D eigenvalue weighted by Crippen LogP contribution is 2.21. The quantitative estimate of drug-likeness (QED) is 0.864.